The zero-order valence-corrected chi connectivity index (χ0v) is 13.6. The number of carbonyl (C=O) groups excluding carboxylic acids is 1. The van der Waals surface area contributed by atoms with Gasteiger partial charge in [-0.25, -0.2) is 4.39 Å². The van der Waals surface area contributed by atoms with Gasteiger partial charge >= 0.3 is 5.97 Å². The van der Waals surface area contributed by atoms with Crippen molar-refractivity contribution in [1.29, 1.82) is 0 Å². The Morgan fingerprint density at radius 2 is 1.91 bits per heavy atom. The van der Waals surface area contributed by atoms with E-state index in [1.165, 1.54) is 23.9 Å². The summed E-state index contributed by atoms with van der Waals surface area (Å²) in [6.07, 6.45) is 2.57. The number of hydrogen-bond acceptors (Lipinski definition) is 3. The van der Waals surface area contributed by atoms with Crippen molar-refractivity contribution in [2.45, 2.75) is 24.2 Å². The fourth-order valence-electron chi connectivity index (χ4n) is 3.24. The molecular weight excluding hydrogens is 317 g/mol. The van der Waals surface area contributed by atoms with Crippen LogP contribution in [0.5, 0.6) is 0 Å². The Morgan fingerprint density at radius 1 is 1.22 bits per heavy atom. The Hall–Kier alpha value is -1.56. The lowest BCUT2D eigenvalue weighted by Crippen LogP contribution is -2.30. The number of aliphatic carboxylic acids is 1. The first-order chi connectivity index (χ1) is 11.0. The Morgan fingerprint density at radius 3 is 2.52 bits per heavy atom. The van der Waals surface area contributed by atoms with E-state index in [4.69, 9.17) is 0 Å². The van der Waals surface area contributed by atoms with Crippen molar-refractivity contribution in [3.63, 3.8) is 0 Å². The first-order valence-electron chi connectivity index (χ1n) is 7.93. The van der Waals surface area contributed by atoms with Crippen LogP contribution in [0.15, 0.2) is 29.2 Å². The number of amides is 1. The van der Waals surface area contributed by atoms with Crippen LogP contribution in [0.25, 0.3) is 0 Å². The molecule has 0 aromatic heterocycles. The molecule has 1 saturated heterocycles. The Bertz CT molecular complexity index is 588. The van der Waals surface area contributed by atoms with Crippen LogP contribution in [0.1, 0.15) is 19.3 Å². The third-order valence-corrected chi connectivity index (χ3v) is 5.67. The monoisotopic (exact) mass is 337 g/mol. The molecule has 0 radical (unpaired) electrons. The molecular formula is C17H20FNO3S. The highest BCUT2D eigenvalue weighted by atomic mass is 32.2. The van der Waals surface area contributed by atoms with E-state index in [9.17, 15) is 19.1 Å². The molecule has 0 bridgehead atoms. The van der Waals surface area contributed by atoms with Crippen molar-refractivity contribution >= 4 is 23.6 Å². The van der Waals surface area contributed by atoms with E-state index in [1.807, 2.05) is 0 Å². The van der Waals surface area contributed by atoms with Crippen LogP contribution in [0.3, 0.4) is 0 Å². The fraction of sp³-hybridized carbons (Fsp3) is 0.529. The van der Waals surface area contributed by atoms with Crippen molar-refractivity contribution in [2.24, 2.45) is 17.8 Å². The average molecular weight is 337 g/mol. The maximum Gasteiger partial charge on any atom is 0.308 e. The van der Waals surface area contributed by atoms with Crippen LogP contribution in [-0.2, 0) is 9.59 Å². The molecule has 2 atom stereocenters. The van der Waals surface area contributed by atoms with Gasteiger partial charge in [-0.1, -0.05) is 0 Å². The van der Waals surface area contributed by atoms with E-state index in [1.54, 1.807) is 17.0 Å². The molecule has 1 aromatic rings. The molecule has 6 heteroatoms. The van der Waals surface area contributed by atoms with Gasteiger partial charge in [0.2, 0.25) is 5.91 Å². The van der Waals surface area contributed by atoms with Crippen LogP contribution in [-0.4, -0.2) is 40.7 Å². The maximum atomic E-state index is 12.8. The van der Waals surface area contributed by atoms with Gasteiger partial charge in [-0.15, -0.1) is 11.8 Å². The number of carboxylic acids is 1. The minimum atomic E-state index is -0.780. The molecule has 1 amide bonds. The molecule has 23 heavy (non-hydrogen) atoms. The summed E-state index contributed by atoms with van der Waals surface area (Å²) in [5.41, 5.74) is 0. The number of halogens is 1. The van der Waals surface area contributed by atoms with Crippen molar-refractivity contribution in [1.82, 2.24) is 4.90 Å². The number of benzene rings is 1. The zero-order chi connectivity index (χ0) is 16.4. The maximum absolute atomic E-state index is 12.8. The molecule has 0 spiro atoms. The predicted molar refractivity (Wildman–Crippen MR) is 85.7 cm³/mol. The third kappa shape index (κ3) is 4.05. The minimum absolute atomic E-state index is 0.0222. The van der Waals surface area contributed by atoms with Gasteiger partial charge in [0, 0.05) is 30.2 Å². The van der Waals surface area contributed by atoms with Crippen LogP contribution >= 0.6 is 11.8 Å². The second kappa shape index (κ2) is 6.91. The second-order valence-corrected chi connectivity index (χ2v) is 7.47. The number of carbonyl (C=O) groups is 2. The van der Waals surface area contributed by atoms with Gasteiger partial charge in [0.05, 0.1) is 5.92 Å². The summed E-state index contributed by atoms with van der Waals surface area (Å²) < 4.78 is 12.8. The quantitative estimate of drug-likeness (QED) is 0.811. The predicted octanol–water partition coefficient (Wildman–Crippen LogP) is 2.88. The van der Waals surface area contributed by atoms with Gasteiger partial charge in [0.1, 0.15) is 5.82 Å². The van der Waals surface area contributed by atoms with Crippen LogP contribution < -0.4 is 0 Å². The van der Waals surface area contributed by atoms with Gasteiger partial charge in [-0.05, 0) is 48.9 Å². The smallest absolute Gasteiger partial charge is 0.308 e. The van der Waals surface area contributed by atoms with Crippen molar-refractivity contribution in [3.05, 3.63) is 30.1 Å². The second-order valence-electron chi connectivity index (χ2n) is 6.30. The van der Waals surface area contributed by atoms with Gasteiger partial charge in [-0.2, -0.15) is 0 Å². The number of likely N-dealkylation sites (tertiary alicyclic amines) is 1. The SMILES string of the molecule is O=C(O)[C@H]1CN(C(=O)CCSc2ccc(F)cc2)C[C@@H]1C1CC1. The average Bonchev–Trinajstić information content (AvgIpc) is 3.27. The van der Waals surface area contributed by atoms with E-state index in [-0.39, 0.29) is 17.6 Å². The highest BCUT2D eigenvalue weighted by Crippen LogP contribution is 2.44. The summed E-state index contributed by atoms with van der Waals surface area (Å²) in [7, 11) is 0. The van der Waals surface area contributed by atoms with Gasteiger partial charge < -0.3 is 10.0 Å². The lowest BCUT2D eigenvalue weighted by molar-refractivity contribution is -0.142. The van der Waals surface area contributed by atoms with E-state index in [0.717, 1.165) is 17.7 Å². The summed E-state index contributed by atoms with van der Waals surface area (Å²) in [6.45, 7) is 0.929. The Balaban J connectivity index is 1.48. The van der Waals surface area contributed by atoms with Crippen molar-refractivity contribution in [3.8, 4) is 0 Å². The van der Waals surface area contributed by atoms with Crippen LogP contribution in [0.4, 0.5) is 4.39 Å². The molecule has 1 saturated carbocycles. The molecule has 124 valence electrons. The van der Waals surface area contributed by atoms with Crippen molar-refractivity contribution < 1.29 is 19.1 Å². The normalized spacial score (nSPS) is 24.0. The fourth-order valence-corrected chi connectivity index (χ4v) is 4.08. The molecule has 2 fully saturated rings. The first kappa shape index (κ1) is 16.3. The van der Waals surface area contributed by atoms with E-state index < -0.39 is 11.9 Å². The molecule has 0 unspecified atom stereocenters. The third-order valence-electron chi connectivity index (χ3n) is 4.66. The largest absolute Gasteiger partial charge is 0.481 e. The standard InChI is InChI=1S/C17H20FNO3S/c18-12-3-5-13(6-4-12)23-8-7-16(20)19-9-14(11-1-2-11)15(10-19)17(21)22/h3-6,11,14-15H,1-2,7-10H2,(H,21,22)/t14-,15+/m1/s1. The highest BCUT2D eigenvalue weighted by molar-refractivity contribution is 7.99. The summed E-state index contributed by atoms with van der Waals surface area (Å²) in [4.78, 5) is 26.3. The molecule has 1 N–H and O–H groups in total. The number of hydrogen-bond donors (Lipinski definition) is 1. The van der Waals surface area contributed by atoms with Gasteiger partial charge in [-0.3, -0.25) is 9.59 Å². The summed E-state index contributed by atoms with van der Waals surface area (Å²) in [6, 6.07) is 6.21. The minimum Gasteiger partial charge on any atom is -0.481 e. The van der Waals surface area contributed by atoms with Gasteiger partial charge in [0.15, 0.2) is 0 Å². The molecule has 4 nitrogen and oxygen atoms in total. The molecule has 1 aliphatic heterocycles. The number of rotatable bonds is 6. The number of thioether (sulfide) groups is 1. The molecule has 1 aromatic carbocycles. The summed E-state index contributed by atoms with van der Waals surface area (Å²) >= 11 is 1.51. The van der Waals surface area contributed by atoms with E-state index >= 15 is 0 Å². The Labute approximate surface area is 139 Å². The lowest BCUT2D eigenvalue weighted by Gasteiger charge is -2.16. The Kier molecular flexibility index (Phi) is 4.90. The summed E-state index contributed by atoms with van der Waals surface area (Å²) in [5, 5.41) is 9.33. The number of carboxylic acid groups (broad SMARTS) is 1. The van der Waals surface area contributed by atoms with Gasteiger partial charge in [0.25, 0.3) is 0 Å². The molecule has 1 aliphatic carbocycles. The first-order valence-corrected chi connectivity index (χ1v) is 8.92. The number of nitrogens with zero attached hydrogens (tertiary/aromatic N) is 1. The highest BCUT2D eigenvalue weighted by Gasteiger charge is 2.46. The van der Waals surface area contributed by atoms with E-state index in [0.29, 0.717) is 31.2 Å². The molecule has 3 rings (SSSR count). The van der Waals surface area contributed by atoms with Crippen molar-refractivity contribution in [2.75, 3.05) is 18.8 Å². The van der Waals surface area contributed by atoms with Crippen LogP contribution in [0.2, 0.25) is 0 Å². The topological polar surface area (TPSA) is 57.6 Å². The molecule has 1 heterocycles. The summed E-state index contributed by atoms with van der Waals surface area (Å²) in [5.74, 6) is -0.201. The van der Waals surface area contributed by atoms with E-state index in [2.05, 4.69) is 0 Å². The zero-order valence-electron chi connectivity index (χ0n) is 12.8. The molecule has 2 aliphatic rings. The van der Waals surface area contributed by atoms with Crippen LogP contribution in [0, 0.1) is 23.6 Å². The lowest BCUT2D eigenvalue weighted by atomic mass is 9.92.